The van der Waals surface area contributed by atoms with E-state index in [2.05, 4.69) is 191 Å². The zero-order valence-electron chi connectivity index (χ0n) is 26.2. The van der Waals surface area contributed by atoms with E-state index in [-0.39, 0.29) is 0 Å². The van der Waals surface area contributed by atoms with Crippen molar-refractivity contribution in [2.45, 2.75) is 0 Å². The van der Waals surface area contributed by atoms with E-state index in [4.69, 9.17) is 0 Å². The predicted molar refractivity (Wildman–Crippen MR) is 203 cm³/mol. The standard InChI is InChI=1S/C46H30N2/c1-4-14-31(15-5-1)33-24-26-42-39(30-33)46-43(47(42)34-18-8-3-9-19-34)28-29-44-45(46)38-22-12-13-23-40(38)48(44)41-27-25-35(32-16-6-2-7-17-32)36-20-10-11-21-37(36)41/h1-30H. The molecule has 2 heterocycles. The Hall–Kier alpha value is -6.38. The molecular formula is C46H30N2. The van der Waals surface area contributed by atoms with Crippen LogP contribution in [0.1, 0.15) is 0 Å². The average molecular weight is 611 g/mol. The maximum Gasteiger partial charge on any atom is 0.0549 e. The third-order valence-corrected chi connectivity index (χ3v) is 9.91. The van der Waals surface area contributed by atoms with Crippen molar-refractivity contribution >= 4 is 54.4 Å². The molecule has 0 radical (unpaired) electrons. The normalized spacial score (nSPS) is 11.8. The molecule has 0 saturated heterocycles. The van der Waals surface area contributed by atoms with Crippen LogP contribution in [0.4, 0.5) is 0 Å². The summed E-state index contributed by atoms with van der Waals surface area (Å²) >= 11 is 0. The van der Waals surface area contributed by atoms with Gasteiger partial charge in [-0.15, -0.1) is 0 Å². The number of para-hydroxylation sites is 2. The molecule has 0 bridgehead atoms. The van der Waals surface area contributed by atoms with Crippen LogP contribution < -0.4 is 0 Å². The Bertz CT molecular complexity index is 2810. The van der Waals surface area contributed by atoms with Gasteiger partial charge in [0, 0.05) is 32.6 Å². The number of aromatic nitrogens is 2. The summed E-state index contributed by atoms with van der Waals surface area (Å²) < 4.78 is 4.91. The van der Waals surface area contributed by atoms with Crippen molar-refractivity contribution in [2.75, 3.05) is 0 Å². The zero-order chi connectivity index (χ0) is 31.6. The molecule has 0 spiro atoms. The minimum atomic E-state index is 1.16. The molecule has 0 aliphatic carbocycles. The van der Waals surface area contributed by atoms with E-state index in [1.165, 1.54) is 82.3 Å². The Kier molecular flexibility index (Phi) is 5.91. The highest BCUT2D eigenvalue weighted by molar-refractivity contribution is 6.29. The van der Waals surface area contributed by atoms with Gasteiger partial charge in [-0.2, -0.15) is 0 Å². The lowest BCUT2D eigenvalue weighted by Gasteiger charge is -2.15. The van der Waals surface area contributed by atoms with Crippen LogP contribution in [0.2, 0.25) is 0 Å². The van der Waals surface area contributed by atoms with E-state index in [0.717, 1.165) is 5.69 Å². The van der Waals surface area contributed by atoms with E-state index in [1.807, 2.05) is 0 Å². The second-order valence-corrected chi connectivity index (χ2v) is 12.5. The van der Waals surface area contributed by atoms with Crippen molar-refractivity contribution in [1.29, 1.82) is 0 Å². The van der Waals surface area contributed by atoms with Gasteiger partial charge in [0.2, 0.25) is 0 Å². The summed E-state index contributed by atoms with van der Waals surface area (Å²) in [5.41, 5.74) is 12.1. The van der Waals surface area contributed by atoms with E-state index in [9.17, 15) is 0 Å². The van der Waals surface area contributed by atoms with Crippen molar-refractivity contribution in [3.05, 3.63) is 182 Å². The minimum Gasteiger partial charge on any atom is -0.309 e. The topological polar surface area (TPSA) is 9.86 Å². The monoisotopic (exact) mass is 610 g/mol. The highest BCUT2D eigenvalue weighted by Crippen LogP contribution is 2.44. The first-order valence-electron chi connectivity index (χ1n) is 16.5. The molecule has 48 heavy (non-hydrogen) atoms. The van der Waals surface area contributed by atoms with Crippen molar-refractivity contribution in [3.63, 3.8) is 0 Å². The number of benzene rings is 8. The van der Waals surface area contributed by atoms with E-state index in [1.54, 1.807) is 0 Å². The van der Waals surface area contributed by atoms with Gasteiger partial charge in [-0.1, -0.05) is 133 Å². The molecule has 10 rings (SSSR count). The molecule has 0 atom stereocenters. The summed E-state index contributed by atoms with van der Waals surface area (Å²) in [4.78, 5) is 0. The Morgan fingerprint density at radius 3 is 1.58 bits per heavy atom. The van der Waals surface area contributed by atoms with Gasteiger partial charge in [0.25, 0.3) is 0 Å². The Morgan fingerprint density at radius 2 is 0.833 bits per heavy atom. The number of hydrogen-bond acceptors (Lipinski definition) is 0. The van der Waals surface area contributed by atoms with Crippen LogP contribution in [0.3, 0.4) is 0 Å². The second kappa shape index (κ2) is 10.6. The van der Waals surface area contributed by atoms with Gasteiger partial charge in [0.05, 0.1) is 27.8 Å². The van der Waals surface area contributed by atoms with Gasteiger partial charge in [0.15, 0.2) is 0 Å². The summed E-state index contributed by atoms with van der Waals surface area (Å²) in [6, 6.07) is 66.1. The zero-order valence-corrected chi connectivity index (χ0v) is 26.2. The third kappa shape index (κ3) is 3.93. The van der Waals surface area contributed by atoms with Gasteiger partial charge in [-0.25, -0.2) is 0 Å². The molecular weight excluding hydrogens is 581 g/mol. The van der Waals surface area contributed by atoms with Gasteiger partial charge in [-0.05, 0) is 76.2 Å². The quantitative estimate of drug-likeness (QED) is 0.188. The molecule has 0 aliphatic rings. The SMILES string of the molecule is c1ccc(-c2ccc3c(c2)c2c4c5ccccc5n(-c5ccc(-c6ccccc6)c6ccccc56)c4ccc2n3-c2ccccc2)cc1. The lowest BCUT2D eigenvalue weighted by atomic mass is 9.97. The third-order valence-electron chi connectivity index (χ3n) is 9.91. The molecule has 2 aromatic heterocycles. The molecule has 8 aromatic carbocycles. The summed E-state index contributed by atoms with van der Waals surface area (Å²) in [7, 11) is 0. The number of fused-ring (bicyclic) bond motifs is 8. The molecule has 0 unspecified atom stereocenters. The first kappa shape index (κ1) is 26.8. The molecule has 0 aliphatic heterocycles. The lowest BCUT2D eigenvalue weighted by Crippen LogP contribution is -1.96. The fourth-order valence-corrected chi connectivity index (χ4v) is 7.84. The lowest BCUT2D eigenvalue weighted by molar-refractivity contribution is 1.18. The molecule has 2 heteroatoms. The molecule has 224 valence electrons. The van der Waals surface area contributed by atoms with Crippen LogP contribution in [-0.4, -0.2) is 9.13 Å². The number of nitrogens with zero attached hydrogens (tertiary/aromatic N) is 2. The average Bonchev–Trinajstić information content (AvgIpc) is 3.68. The van der Waals surface area contributed by atoms with Crippen molar-refractivity contribution in [3.8, 4) is 33.6 Å². The smallest absolute Gasteiger partial charge is 0.0549 e. The fourth-order valence-electron chi connectivity index (χ4n) is 7.84. The molecule has 2 nitrogen and oxygen atoms in total. The maximum atomic E-state index is 2.48. The predicted octanol–water partition coefficient (Wildman–Crippen LogP) is 12.4. The van der Waals surface area contributed by atoms with Crippen LogP contribution in [0.15, 0.2) is 182 Å². The van der Waals surface area contributed by atoms with E-state index >= 15 is 0 Å². The molecule has 0 amide bonds. The summed E-state index contributed by atoms with van der Waals surface area (Å²) in [6.45, 7) is 0. The Morgan fingerprint density at radius 1 is 0.292 bits per heavy atom. The first-order chi connectivity index (χ1) is 23.8. The largest absolute Gasteiger partial charge is 0.309 e. The van der Waals surface area contributed by atoms with Crippen molar-refractivity contribution < 1.29 is 0 Å². The minimum absolute atomic E-state index is 1.16. The fraction of sp³-hybridized carbons (Fsp3) is 0. The first-order valence-corrected chi connectivity index (χ1v) is 16.5. The van der Waals surface area contributed by atoms with Crippen LogP contribution in [-0.2, 0) is 0 Å². The number of hydrogen-bond donors (Lipinski definition) is 0. The van der Waals surface area contributed by atoms with Gasteiger partial charge in [-0.3, -0.25) is 0 Å². The summed E-state index contributed by atoms with van der Waals surface area (Å²) in [5.74, 6) is 0. The Balaban J connectivity index is 1.35. The molecule has 0 N–H and O–H groups in total. The Labute approximate surface area is 278 Å². The van der Waals surface area contributed by atoms with Crippen molar-refractivity contribution in [2.24, 2.45) is 0 Å². The molecule has 0 fully saturated rings. The van der Waals surface area contributed by atoms with Gasteiger partial charge >= 0.3 is 0 Å². The van der Waals surface area contributed by atoms with E-state index in [0.29, 0.717) is 0 Å². The van der Waals surface area contributed by atoms with Gasteiger partial charge < -0.3 is 9.13 Å². The summed E-state index contributed by atoms with van der Waals surface area (Å²) in [5, 5.41) is 7.56. The molecule has 0 saturated carbocycles. The van der Waals surface area contributed by atoms with Crippen LogP contribution in [0, 0.1) is 0 Å². The number of rotatable bonds is 4. The highest BCUT2D eigenvalue weighted by atomic mass is 15.0. The molecule has 10 aromatic rings. The maximum absolute atomic E-state index is 2.48. The van der Waals surface area contributed by atoms with Crippen LogP contribution >= 0.6 is 0 Å². The summed E-state index contributed by atoms with van der Waals surface area (Å²) in [6.07, 6.45) is 0. The van der Waals surface area contributed by atoms with Crippen LogP contribution in [0.5, 0.6) is 0 Å². The van der Waals surface area contributed by atoms with Gasteiger partial charge in [0.1, 0.15) is 0 Å². The van der Waals surface area contributed by atoms with Crippen LogP contribution in [0.25, 0.3) is 88.0 Å². The highest BCUT2D eigenvalue weighted by Gasteiger charge is 2.22. The second-order valence-electron chi connectivity index (χ2n) is 12.5. The van der Waals surface area contributed by atoms with Crippen molar-refractivity contribution in [1.82, 2.24) is 9.13 Å². The van der Waals surface area contributed by atoms with E-state index < -0.39 is 0 Å².